The van der Waals surface area contributed by atoms with Crippen LogP contribution in [0, 0.1) is 0 Å². The van der Waals surface area contributed by atoms with Crippen molar-refractivity contribution in [3.8, 4) is 0 Å². The Bertz CT molecular complexity index is 1230. The number of hydrogen-bond donors (Lipinski definition) is 0. The smallest absolute Gasteiger partial charge is 0.367 e. The normalized spacial score (nSPS) is 15.3. The molecule has 0 aliphatic carbocycles. The van der Waals surface area contributed by atoms with E-state index in [0.717, 1.165) is 41.8 Å². The highest BCUT2D eigenvalue weighted by atomic mass is 35.5. The highest BCUT2D eigenvalue weighted by Gasteiger charge is 2.34. The fraction of sp³-hybridized carbons (Fsp3) is 0.250. The topological polar surface area (TPSA) is 49.6 Å². The number of halogens is 4. The third-order valence-electron chi connectivity index (χ3n) is 5.19. The molecule has 6 nitrogen and oxygen atoms in total. The molecule has 154 valence electrons. The van der Waals surface area contributed by atoms with Crippen LogP contribution in [-0.2, 0) is 6.18 Å². The first-order valence-electron chi connectivity index (χ1n) is 9.35. The Kier molecular flexibility index (Phi) is 4.43. The first-order valence-corrected chi connectivity index (χ1v) is 9.73. The third kappa shape index (κ3) is 3.49. The average molecular weight is 433 g/mol. The number of imidazole rings is 1. The summed E-state index contributed by atoms with van der Waals surface area (Å²) in [6.45, 7) is 2.88. The zero-order chi connectivity index (χ0) is 20.9. The zero-order valence-electron chi connectivity index (χ0n) is 15.6. The molecule has 0 unspecified atom stereocenters. The van der Waals surface area contributed by atoms with Crippen LogP contribution in [0.2, 0.25) is 5.02 Å². The van der Waals surface area contributed by atoms with Gasteiger partial charge in [-0.2, -0.15) is 13.2 Å². The number of hydrogen-bond acceptors (Lipinski definition) is 5. The number of aromatic nitrogens is 4. The molecular formula is C20H16ClF3N6. The summed E-state index contributed by atoms with van der Waals surface area (Å²) in [4.78, 5) is 17.0. The molecule has 10 heteroatoms. The zero-order valence-corrected chi connectivity index (χ0v) is 16.4. The van der Waals surface area contributed by atoms with Crippen molar-refractivity contribution in [2.75, 3.05) is 36.0 Å². The third-order valence-corrected chi connectivity index (χ3v) is 5.42. The number of pyridine rings is 1. The summed E-state index contributed by atoms with van der Waals surface area (Å²) < 4.78 is 40.1. The summed E-state index contributed by atoms with van der Waals surface area (Å²) in [7, 11) is 0. The van der Waals surface area contributed by atoms with E-state index in [2.05, 4.69) is 24.8 Å². The summed E-state index contributed by atoms with van der Waals surface area (Å²) in [6.07, 6.45) is -0.00656. The SMILES string of the molecule is FC(F)(F)c1cn2cc(N3CCN(c4cnc5cc(Cl)ccc5n4)CC3)ccc2n1. The average Bonchev–Trinajstić information content (AvgIpc) is 3.17. The van der Waals surface area contributed by atoms with E-state index in [4.69, 9.17) is 11.6 Å². The number of nitrogens with zero attached hydrogens (tertiary/aromatic N) is 6. The second-order valence-electron chi connectivity index (χ2n) is 7.11. The van der Waals surface area contributed by atoms with E-state index >= 15 is 0 Å². The van der Waals surface area contributed by atoms with Gasteiger partial charge in [0, 0.05) is 43.6 Å². The molecule has 1 fully saturated rings. The summed E-state index contributed by atoms with van der Waals surface area (Å²) in [5.41, 5.74) is 1.77. The lowest BCUT2D eigenvalue weighted by atomic mass is 10.2. The van der Waals surface area contributed by atoms with Crippen molar-refractivity contribution in [2.24, 2.45) is 0 Å². The van der Waals surface area contributed by atoms with Crippen LogP contribution in [0.1, 0.15) is 5.69 Å². The Labute approximate surface area is 174 Å². The molecular weight excluding hydrogens is 417 g/mol. The number of anilines is 2. The van der Waals surface area contributed by atoms with Crippen LogP contribution < -0.4 is 9.80 Å². The van der Waals surface area contributed by atoms with Crippen LogP contribution in [0.5, 0.6) is 0 Å². The Morgan fingerprint density at radius 2 is 1.63 bits per heavy atom. The Morgan fingerprint density at radius 3 is 2.40 bits per heavy atom. The lowest BCUT2D eigenvalue weighted by Crippen LogP contribution is -2.47. The minimum atomic E-state index is -4.45. The van der Waals surface area contributed by atoms with Crippen LogP contribution in [0.4, 0.5) is 24.7 Å². The largest absolute Gasteiger partial charge is 0.434 e. The van der Waals surface area contributed by atoms with Gasteiger partial charge < -0.3 is 14.2 Å². The summed E-state index contributed by atoms with van der Waals surface area (Å²) in [6, 6.07) is 8.83. The molecule has 1 saturated heterocycles. The molecule has 4 aromatic rings. The van der Waals surface area contributed by atoms with E-state index in [1.165, 1.54) is 4.40 Å². The quantitative estimate of drug-likeness (QED) is 0.473. The van der Waals surface area contributed by atoms with E-state index in [1.807, 2.05) is 6.07 Å². The van der Waals surface area contributed by atoms with Crippen molar-refractivity contribution in [3.05, 3.63) is 59.6 Å². The second-order valence-corrected chi connectivity index (χ2v) is 7.55. The van der Waals surface area contributed by atoms with E-state index in [-0.39, 0.29) is 5.65 Å². The number of benzene rings is 1. The van der Waals surface area contributed by atoms with Crippen LogP contribution in [0.25, 0.3) is 16.7 Å². The fourth-order valence-corrected chi connectivity index (χ4v) is 3.79. The van der Waals surface area contributed by atoms with Crippen LogP contribution >= 0.6 is 11.6 Å². The fourth-order valence-electron chi connectivity index (χ4n) is 3.62. The maximum absolute atomic E-state index is 12.9. The second kappa shape index (κ2) is 7.02. The minimum Gasteiger partial charge on any atom is -0.367 e. The number of piperazine rings is 1. The molecule has 0 atom stereocenters. The molecule has 5 rings (SSSR count). The number of rotatable bonds is 2. The molecule has 3 aromatic heterocycles. The van der Waals surface area contributed by atoms with Gasteiger partial charge in [-0.25, -0.2) is 9.97 Å². The maximum Gasteiger partial charge on any atom is 0.434 e. The maximum atomic E-state index is 12.9. The van der Waals surface area contributed by atoms with Crippen LogP contribution in [0.15, 0.2) is 48.9 Å². The number of alkyl halides is 3. The molecule has 1 aliphatic rings. The van der Waals surface area contributed by atoms with Gasteiger partial charge in [-0.1, -0.05) is 11.6 Å². The highest BCUT2D eigenvalue weighted by Crippen LogP contribution is 2.29. The molecule has 1 aromatic carbocycles. The van der Waals surface area contributed by atoms with Crippen LogP contribution in [0.3, 0.4) is 0 Å². The predicted molar refractivity (Wildman–Crippen MR) is 109 cm³/mol. The molecule has 0 spiro atoms. The van der Waals surface area contributed by atoms with Crippen molar-refractivity contribution in [2.45, 2.75) is 6.18 Å². The van der Waals surface area contributed by atoms with Gasteiger partial charge in [0.1, 0.15) is 11.5 Å². The van der Waals surface area contributed by atoms with Crippen molar-refractivity contribution >= 4 is 39.8 Å². The van der Waals surface area contributed by atoms with Gasteiger partial charge in [0.2, 0.25) is 0 Å². The Balaban J connectivity index is 1.32. The lowest BCUT2D eigenvalue weighted by molar-refractivity contribution is -0.140. The minimum absolute atomic E-state index is 0.274. The van der Waals surface area contributed by atoms with Gasteiger partial charge in [-0.05, 0) is 30.3 Å². The molecule has 30 heavy (non-hydrogen) atoms. The van der Waals surface area contributed by atoms with Gasteiger partial charge >= 0.3 is 6.18 Å². The summed E-state index contributed by atoms with van der Waals surface area (Å²) >= 11 is 6.00. The van der Waals surface area contributed by atoms with Crippen molar-refractivity contribution in [1.29, 1.82) is 0 Å². The number of fused-ring (bicyclic) bond motifs is 2. The Morgan fingerprint density at radius 1 is 0.867 bits per heavy atom. The first kappa shape index (κ1) is 18.9. The molecule has 0 bridgehead atoms. The standard InChI is InChI=1S/C20H16ClF3N6/c21-13-1-3-15-16(9-13)25-10-19(26-15)29-7-5-28(6-8-29)14-2-4-18-27-17(20(22,23)24)12-30(18)11-14/h1-4,9-12H,5-8H2. The van der Waals surface area contributed by atoms with Gasteiger partial charge in [0.25, 0.3) is 0 Å². The van der Waals surface area contributed by atoms with E-state index in [1.54, 1.807) is 36.7 Å². The molecule has 0 radical (unpaired) electrons. The molecule has 0 saturated carbocycles. The summed E-state index contributed by atoms with van der Waals surface area (Å²) in [5.74, 6) is 0.796. The predicted octanol–water partition coefficient (Wildman–Crippen LogP) is 4.28. The van der Waals surface area contributed by atoms with Gasteiger partial charge in [0.15, 0.2) is 5.69 Å². The molecule has 1 aliphatic heterocycles. The monoisotopic (exact) mass is 432 g/mol. The van der Waals surface area contributed by atoms with E-state index in [0.29, 0.717) is 18.1 Å². The highest BCUT2D eigenvalue weighted by molar-refractivity contribution is 6.31. The van der Waals surface area contributed by atoms with E-state index in [9.17, 15) is 13.2 Å². The van der Waals surface area contributed by atoms with Crippen molar-refractivity contribution in [3.63, 3.8) is 0 Å². The van der Waals surface area contributed by atoms with Gasteiger partial charge in [-0.15, -0.1) is 0 Å². The molecule has 0 N–H and O–H groups in total. The van der Waals surface area contributed by atoms with Gasteiger partial charge in [0.05, 0.1) is 22.9 Å². The summed E-state index contributed by atoms with van der Waals surface area (Å²) in [5, 5.41) is 0.621. The van der Waals surface area contributed by atoms with Crippen molar-refractivity contribution in [1.82, 2.24) is 19.4 Å². The molecule has 0 amide bonds. The lowest BCUT2D eigenvalue weighted by Gasteiger charge is -2.36. The van der Waals surface area contributed by atoms with Crippen molar-refractivity contribution < 1.29 is 13.2 Å². The van der Waals surface area contributed by atoms with Gasteiger partial charge in [-0.3, -0.25) is 4.98 Å². The first-order chi connectivity index (χ1) is 14.4. The molecule has 4 heterocycles. The van der Waals surface area contributed by atoms with E-state index < -0.39 is 11.9 Å². The van der Waals surface area contributed by atoms with Crippen LogP contribution in [-0.4, -0.2) is 45.5 Å². The Hall–Kier alpha value is -3.07.